The monoisotopic (exact) mass is 384 g/mol. The lowest BCUT2D eigenvalue weighted by molar-refractivity contribution is 0.401. The Morgan fingerprint density at radius 1 is 0.897 bits per heavy atom. The zero-order valence-corrected chi connectivity index (χ0v) is 15.8. The first kappa shape index (κ1) is 16.5. The predicted octanol–water partition coefficient (Wildman–Crippen LogP) is 3.93. The third-order valence-electron chi connectivity index (χ3n) is 6.41. The highest BCUT2D eigenvalue weighted by Gasteiger charge is 2.29. The van der Waals surface area contributed by atoms with Gasteiger partial charge in [0.2, 0.25) is 5.88 Å². The topological polar surface area (TPSA) is 84.1 Å². The SMILES string of the molecule is Oc1nc(O)c2ncn(C3CCCc4c3ccc3c4CCc4ccccc4-3)c2n1. The summed E-state index contributed by atoms with van der Waals surface area (Å²) in [6, 6.07) is 12.8. The Morgan fingerprint density at radius 2 is 1.79 bits per heavy atom. The van der Waals surface area contributed by atoms with Crippen molar-refractivity contribution in [1.82, 2.24) is 19.5 Å². The van der Waals surface area contributed by atoms with Crippen LogP contribution in [0.3, 0.4) is 0 Å². The zero-order valence-electron chi connectivity index (χ0n) is 15.8. The number of aromatic nitrogens is 4. The van der Waals surface area contributed by atoms with E-state index < -0.39 is 6.01 Å². The van der Waals surface area contributed by atoms with Crippen LogP contribution in [-0.4, -0.2) is 29.7 Å². The Hall–Kier alpha value is -3.41. The number of aromatic hydroxyl groups is 2. The molecule has 0 amide bonds. The fraction of sp³-hybridized carbons (Fsp3) is 0.261. The van der Waals surface area contributed by atoms with Crippen LogP contribution in [0, 0.1) is 0 Å². The molecule has 1 atom stereocenters. The Balaban J connectivity index is 1.53. The van der Waals surface area contributed by atoms with Crippen LogP contribution in [-0.2, 0) is 19.3 Å². The molecule has 2 N–H and O–H groups in total. The molecule has 29 heavy (non-hydrogen) atoms. The summed E-state index contributed by atoms with van der Waals surface area (Å²) < 4.78 is 1.97. The second-order valence-corrected chi connectivity index (χ2v) is 7.90. The van der Waals surface area contributed by atoms with Gasteiger partial charge in [0.05, 0.1) is 12.4 Å². The normalized spacial score (nSPS) is 17.6. The number of hydrogen-bond acceptors (Lipinski definition) is 5. The first-order valence-electron chi connectivity index (χ1n) is 10.1. The zero-order chi connectivity index (χ0) is 19.5. The largest absolute Gasteiger partial charge is 0.492 e. The molecule has 2 aromatic heterocycles. The van der Waals surface area contributed by atoms with Crippen LogP contribution in [0.2, 0.25) is 0 Å². The molecule has 6 rings (SSSR count). The van der Waals surface area contributed by atoms with Gasteiger partial charge in [0, 0.05) is 0 Å². The summed E-state index contributed by atoms with van der Waals surface area (Å²) in [5, 5.41) is 19.8. The molecule has 4 aromatic rings. The molecular formula is C23H20N4O2. The van der Waals surface area contributed by atoms with Crippen molar-refractivity contribution in [2.75, 3.05) is 0 Å². The van der Waals surface area contributed by atoms with Gasteiger partial charge in [-0.2, -0.15) is 9.97 Å². The van der Waals surface area contributed by atoms with E-state index in [-0.39, 0.29) is 11.9 Å². The average molecular weight is 384 g/mol. The van der Waals surface area contributed by atoms with Gasteiger partial charge >= 0.3 is 6.01 Å². The highest BCUT2D eigenvalue weighted by Crippen LogP contribution is 2.42. The number of nitrogens with zero attached hydrogens (tertiary/aromatic N) is 4. The van der Waals surface area contributed by atoms with Crippen molar-refractivity contribution in [1.29, 1.82) is 0 Å². The van der Waals surface area contributed by atoms with E-state index in [9.17, 15) is 10.2 Å². The number of benzene rings is 2. The molecule has 0 bridgehead atoms. The van der Waals surface area contributed by atoms with Crippen LogP contribution >= 0.6 is 0 Å². The molecule has 2 aliphatic rings. The number of rotatable bonds is 1. The fourth-order valence-electron chi connectivity index (χ4n) is 5.15. The summed E-state index contributed by atoms with van der Waals surface area (Å²) in [6.45, 7) is 0. The summed E-state index contributed by atoms with van der Waals surface area (Å²) in [5.41, 5.74) is 9.14. The molecular weight excluding hydrogens is 364 g/mol. The third kappa shape index (κ3) is 2.38. The molecule has 0 fully saturated rings. The average Bonchev–Trinajstić information content (AvgIpc) is 3.16. The van der Waals surface area contributed by atoms with Crippen molar-refractivity contribution in [2.24, 2.45) is 0 Å². The van der Waals surface area contributed by atoms with Gasteiger partial charge in [0.25, 0.3) is 0 Å². The Morgan fingerprint density at radius 3 is 2.72 bits per heavy atom. The highest BCUT2D eigenvalue weighted by atomic mass is 16.3. The maximum Gasteiger partial charge on any atom is 0.319 e. The van der Waals surface area contributed by atoms with E-state index in [4.69, 9.17) is 0 Å². The summed E-state index contributed by atoms with van der Waals surface area (Å²) in [6.07, 6.45) is 6.98. The van der Waals surface area contributed by atoms with Crippen molar-refractivity contribution in [3.8, 4) is 23.0 Å². The second-order valence-electron chi connectivity index (χ2n) is 7.90. The molecule has 1 unspecified atom stereocenters. The van der Waals surface area contributed by atoms with E-state index in [1.54, 1.807) is 6.33 Å². The van der Waals surface area contributed by atoms with Gasteiger partial charge < -0.3 is 14.8 Å². The van der Waals surface area contributed by atoms with Gasteiger partial charge in [-0.3, -0.25) is 0 Å². The van der Waals surface area contributed by atoms with Crippen molar-refractivity contribution in [2.45, 2.75) is 38.1 Å². The summed E-state index contributed by atoms with van der Waals surface area (Å²) in [4.78, 5) is 12.1. The van der Waals surface area contributed by atoms with E-state index in [1.165, 1.54) is 33.4 Å². The quantitative estimate of drug-likeness (QED) is 0.519. The third-order valence-corrected chi connectivity index (χ3v) is 6.41. The molecule has 2 heterocycles. The molecule has 0 spiro atoms. The minimum absolute atomic E-state index is 0.0833. The lowest BCUT2D eigenvalue weighted by Gasteiger charge is -2.31. The maximum absolute atomic E-state index is 10.0. The standard InChI is InChI=1S/C23H20N4O2/c28-22-20-21(25-23(29)26-22)27(12-24-20)19-7-3-6-15-17-9-8-13-4-1-2-5-14(13)16(17)10-11-18(15)19/h1-2,4-5,10-12,19H,3,6-9H2,(H2,25,26,28,29). The van der Waals surface area contributed by atoms with Crippen molar-refractivity contribution < 1.29 is 10.2 Å². The van der Waals surface area contributed by atoms with Crippen LogP contribution in [0.25, 0.3) is 22.3 Å². The van der Waals surface area contributed by atoms with E-state index in [0.717, 1.165) is 32.1 Å². The van der Waals surface area contributed by atoms with Crippen LogP contribution in [0.15, 0.2) is 42.7 Å². The van der Waals surface area contributed by atoms with Crippen molar-refractivity contribution in [3.63, 3.8) is 0 Å². The van der Waals surface area contributed by atoms with E-state index in [2.05, 4.69) is 51.4 Å². The Kier molecular flexibility index (Phi) is 3.45. The van der Waals surface area contributed by atoms with Crippen molar-refractivity contribution >= 4 is 11.2 Å². The van der Waals surface area contributed by atoms with Crippen LogP contribution in [0.5, 0.6) is 11.9 Å². The smallest absolute Gasteiger partial charge is 0.319 e. The summed E-state index contributed by atoms with van der Waals surface area (Å²) >= 11 is 0. The summed E-state index contributed by atoms with van der Waals surface area (Å²) in [5.74, 6) is -0.288. The lowest BCUT2D eigenvalue weighted by Crippen LogP contribution is -2.20. The summed E-state index contributed by atoms with van der Waals surface area (Å²) in [7, 11) is 0. The maximum atomic E-state index is 10.0. The van der Waals surface area contributed by atoms with Crippen LogP contribution in [0.1, 0.15) is 41.1 Å². The highest BCUT2D eigenvalue weighted by molar-refractivity contribution is 5.77. The molecule has 2 aromatic carbocycles. The van der Waals surface area contributed by atoms with E-state index in [0.29, 0.717) is 11.2 Å². The van der Waals surface area contributed by atoms with Gasteiger partial charge in [-0.15, -0.1) is 0 Å². The molecule has 0 radical (unpaired) electrons. The van der Waals surface area contributed by atoms with Gasteiger partial charge in [-0.1, -0.05) is 36.4 Å². The number of aryl methyl sites for hydroxylation is 1. The fourth-order valence-corrected chi connectivity index (χ4v) is 5.15. The minimum atomic E-state index is -0.435. The molecule has 2 aliphatic carbocycles. The van der Waals surface area contributed by atoms with E-state index in [1.807, 2.05) is 4.57 Å². The van der Waals surface area contributed by atoms with Gasteiger partial charge in [-0.05, 0) is 65.5 Å². The molecule has 0 aliphatic heterocycles. The van der Waals surface area contributed by atoms with Gasteiger partial charge in [-0.25, -0.2) is 4.98 Å². The molecule has 0 saturated carbocycles. The number of fused-ring (bicyclic) bond motifs is 6. The molecule has 6 nitrogen and oxygen atoms in total. The first-order chi connectivity index (χ1) is 14.2. The Labute approximate surface area is 167 Å². The van der Waals surface area contributed by atoms with E-state index >= 15 is 0 Å². The van der Waals surface area contributed by atoms with Crippen molar-refractivity contribution in [3.05, 3.63) is 65.0 Å². The molecule has 0 saturated heterocycles. The number of hydrogen-bond donors (Lipinski definition) is 2. The first-order valence-corrected chi connectivity index (χ1v) is 10.1. The predicted molar refractivity (Wildman–Crippen MR) is 109 cm³/mol. The minimum Gasteiger partial charge on any atom is -0.492 e. The Bertz CT molecular complexity index is 1280. The van der Waals surface area contributed by atoms with Gasteiger partial charge in [0.1, 0.15) is 0 Å². The molecule has 144 valence electrons. The number of imidazole rings is 1. The van der Waals surface area contributed by atoms with Crippen LogP contribution in [0.4, 0.5) is 0 Å². The van der Waals surface area contributed by atoms with Crippen LogP contribution < -0.4 is 0 Å². The molecule has 6 heteroatoms. The lowest BCUT2D eigenvalue weighted by atomic mass is 9.77. The second kappa shape index (κ2) is 6.04. The van der Waals surface area contributed by atoms with Gasteiger partial charge in [0.15, 0.2) is 11.2 Å².